The molecule has 0 bridgehead atoms. The first-order valence-electron chi connectivity index (χ1n) is 9.47. The molecule has 3 N–H and O–H groups in total. The molecule has 148 valence electrons. The van der Waals surface area contributed by atoms with Crippen molar-refractivity contribution in [2.45, 2.75) is 44.4 Å². The zero-order valence-electron chi connectivity index (χ0n) is 15.9. The summed E-state index contributed by atoms with van der Waals surface area (Å²) in [4.78, 5) is 37.6. The van der Waals surface area contributed by atoms with Gasteiger partial charge in [-0.25, -0.2) is 0 Å². The fourth-order valence-electron chi connectivity index (χ4n) is 3.44. The molecule has 1 aliphatic rings. The highest BCUT2D eigenvalue weighted by Crippen LogP contribution is 2.18. The molecule has 2 amide bonds. The van der Waals surface area contributed by atoms with Crippen LogP contribution >= 0.6 is 0 Å². The molecule has 7 heteroatoms. The summed E-state index contributed by atoms with van der Waals surface area (Å²) in [7, 11) is 1.45. The maximum absolute atomic E-state index is 12.8. The van der Waals surface area contributed by atoms with E-state index in [4.69, 9.17) is 0 Å². The summed E-state index contributed by atoms with van der Waals surface area (Å²) in [6, 6.07) is 10.7. The zero-order chi connectivity index (χ0) is 20.1. The van der Waals surface area contributed by atoms with Gasteiger partial charge in [0.15, 0.2) is 0 Å². The van der Waals surface area contributed by atoms with Gasteiger partial charge in [-0.05, 0) is 37.3 Å². The molecule has 0 unspecified atom stereocenters. The van der Waals surface area contributed by atoms with E-state index in [9.17, 15) is 19.5 Å². The van der Waals surface area contributed by atoms with Crippen LogP contribution in [0.2, 0.25) is 0 Å². The van der Waals surface area contributed by atoms with Crippen LogP contribution < -0.4 is 16.2 Å². The molecule has 3 rings (SSSR count). The molecule has 0 aliphatic heterocycles. The van der Waals surface area contributed by atoms with Gasteiger partial charge in [-0.1, -0.05) is 30.3 Å². The Hall–Kier alpha value is -2.93. The van der Waals surface area contributed by atoms with Crippen molar-refractivity contribution in [1.29, 1.82) is 0 Å². The van der Waals surface area contributed by atoms with E-state index in [2.05, 4.69) is 10.6 Å². The van der Waals surface area contributed by atoms with Gasteiger partial charge in [-0.2, -0.15) is 0 Å². The predicted molar refractivity (Wildman–Crippen MR) is 105 cm³/mol. The van der Waals surface area contributed by atoms with Crippen molar-refractivity contribution in [3.05, 3.63) is 69.6 Å². The van der Waals surface area contributed by atoms with Gasteiger partial charge in [-0.15, -0.1) is 0 Å². The SMILES string of the molecule is CNC(=O)c1cc(C(=O)NC2CCC(O)CC2)cn(Cc2ccccc2)c1=O. The molecule has 28 heavy (non-hydrogen) atoms. The molecule has 0 spiro atoms. The van der Waals surface area contributed by atoms with Crippen LogP contribution in [0.3, 0.4) is 0 Å². The largest absolute Gasteiger partial charge is 0.393 e. The summed E-state index contributed by atoms with van der Waals surface area (Å²) in [5, 5.41) is 15.0. The topological polar surface area (TPSA) is 100 Å². The summed E-state index contributed by atoms with van der Waals surface area (Å²) in [6.07, 6.45) is 3.91. The third-order valence-electron chi connectivity index (χ3n) is 5.05. The molecule has 1 fully saturated rings. The summed E-state index contributed by atoms with van der Waals surface area (Å²) in [5.74, 6) is -0.851. The van der Waals surface area contributed by atoms with E-state index in [-0.39, 0.29) is 35.7 Å². The minimum atomic E-state index is -0.526. The second-order valence-electron chi connectivity index (χ2n) is 7.12. The monoisotopic (exact) mass is 383 g/mol. The van der Waals surface area contributed by atoms with E-state index in [1.54, 1.807) is 0 Å². The van der Waals surface area contributed by atoms with Crippen LogP contribution in [-0.4, -0.2) is 40.7 Å². The zero-order valence-corrected chi connectivity index (χ0v) is 15.9. The number of nitrogens with one attached hydrogen (secondary N) is 2. The number of aromatic nitrogens is 1. The van der Waals surface area contributed by atoms with Crippen molar-refractivity contribution in [3.63, 3.8) is 0 Å². The highest BCUT2D eigenvalue weighted by Gasteiger charge is 2.23. The molecule has 1 saturated carbocycles. The van der Waals surface area contributed by atoms with Crippen LogP contribution in [0.25, 0.3) is 0 Å². The Morgan fingerprint density at radius 3 is 2.43 bits per heavy atom. The fraction of sp³-hybridized carbons (Fsp3) is 0.381. The van der Waals surface area contributed by atoms with Crippen molar-refractivity contribution in [1.82, 2.24) is 15.2 Å². The van der Waals surface area contributed by atoms with Crippen LogP contribution in [0.4, 0.5) is 0 Å². The Labute approximate surface area is 163 Å². The Bertz CT molecular complexity index is 900. The van der Waals surface area contributed by atoms with Crippen LogP contribution in [0, 0.1) is 0 Å². The van der Waals surface area contributed by atoms with Crippen LogP contribution in [0.15, 0.2) is 47.4 Å². The number of nitrogens with zero attached hydrogens (tertiary/aromatic N) is 1. The number of carbonyl (C=O) groups is 2. The maximum atomic E-state index is 12.8. The molecule has 7 nitrogen and oxygen atoms in total. The predicted octanol–water partition coefficient (Wildman–Crippen LogP) is 1.29. The summed E-state index contributed by atoms with van der Waals surface area (Å²) in [5.41, 5.74) is 0.650. The number of aliphatic hydroxyl groups excluding tert-OH is 1. The summed E-state index contributed by atoms with van der Waals surface area (Å²) >= 11 is 0. The number of pyridine rings is 1. The molecule has 1 heterocycles. The first-order chi connectivity index (χ1) is 13.5. The molecule has 1 aromatic heterocycles. The standard InChI is InChI=1S/C21H25N3O4/c1-22-20(27)18-11-15(19(26)23-16-7-9-17(25)10-8-16)13-24(21(18)28)12-14-5-3-2-4-6-14/h2-6,11,13,16-17,25H,7-10,12H2,1H3,(H,22,27)(H,23,26). The third-order valence-corrected chi connectivity index (χ3v) is 5.05. The number of hydrogen-bond acceptors (Lipinski definition) is 4. The normalized spacial score (nSPS) is 19.1. The molecule has 0 radical (unpaired) electrons. The van der Waals surface area contributed by atoms with Gasteiger partial charge in [0.1, 0.15) is 5.56 Å². The Balaban J connectivity index is 1.89. The van der Waals surface area contributed by atoms with Gasteiger partial charge >= 0.3 is 0 Å². The molecule has 0 atom stereocenters. The first kappa shape index (κ1) is 19.8. The molecule has 1 aromatic carbocycles. The van der Waals surface area contributed by atoms with Gasteiger partial charge in [0, 0.05) is 19.3 Å². The number of carbonyl (C=O) groups excluding carboxylic acids is 2. The number of benzene rings is 1. The minimum Gasteiger partial charge on any atom is -0.393 e. The van der Waals surface area contributed by atoms with Gasteiger partial charge in [0.2, 0.25) is 0 Å². The fourth-order valence-corrected chi connectivity index (χ4v) is 3.44. The highest BCUT2D eigenvalue weighted by atomic mass is 16.3. The van der Waals surface area contributed by atoms with Crippen LogP contribution in [0.5, 0.6) is 0 Å². The van der Waals surface area contributed by atoms with Crippen LogP contribution in [0.1, 0.15) is 52.0 Å². The second kappa shape index (κ2) is 8.84. The summed E-state index contributed by atoms with van der Waals surface area (Å²) in [6.45, 7) is 0.264. The van der Waals surface area contributed by atoms with Gasteiger partial charge in [-0.3, -0.25) is 14.4 Å². The van der Waals surface area contributed by atoms with E-state index >= 15 is 0 Å². The lowest BCUT2D eigenvalue weighted by Crippen LogP contribution is -2.40. The summed E-state index contributed by atoms with van der Waals surface area (Å²) < 4.78 is 1.39. The van der Waals surface area contributed by atoms with E-state index in [0.717, 1.165) is 5.56 Å². The van der Waals surface area contributed by atoms with Crippen molar-refractivity contribution < 1.29 is 14.7 Å². The third kappa shape index (κ3) is 4.67. The lowest BCUT2D eigenvalue weighted by Gasteiger charge is -2.26. The van der Waals surface area contributed by atoms with E-state index in [1.807, 2.05) is 30.3 Å². The maximum Gasteiger partial charge on any atom is 0.263 e. The second-order valence-corrected chi connectivity index (χ2v) is 7.12. The molecule has 0 saturated heterocycles. The lowest BCUT2D eigenvalue weighted by atomic mass is 9.93. The van der Waals surface area contributed by atoms with Crippen molar-refractivity contribution >= 4 is 11.8 Å². The Morgan fingerprint density at radius 2 is 1.79 bits per heavy atom. The lowest BCUT2D eigenvalue weighted by molar-refractivity contribution is 0.0867. The van der Waals surface area contributed by atoms with E-state index in [1.165, 1.54) is 23.9 Å². The Morgan fingerprint density at radius 1 is 1.11 bits per heavy atom. The van der Waals surface area contributed by atoms with Crippen molar-refractivity contribution in [3.8, 4) is 0 Å². The number of rotatable bonds is 5. The average Bonchev–Trinajstić information content (AvgIpc) is 2.71. The van der Waals surface area contributed by atoms with Crippen molar-refractivity contribution in [2.24, 2.45) is 0 Å². The Kier molecular flexibility index (Phi) is 6.26. The first-order valence-corrected chi connectivity index (χ1v) is 9.47. The number of amides is 2. The van der Waals surface area contributed by atoms with Gasteiger partial charge in [0.25, 0.3) is 17.4 Å². The van der Waals surface area contributed by atoms with Crippen LogP contribution in [-0.2, 0) is 6.54 Å². The molecule has 2 aromatic rings. The average molecular weight is 383 g/mol. The van der Waals surface area contributed by atoms with Gasteiger partial charge < -0.3 is 20.3 Å². The minimum absolute atomic E-state index is 0.0196. The highest BCUT2D eigenvalue weighted by molar-refractivity contribution is 5.99. The number of hydrogen-bond donors (Lipinski definition) is 3. The van der Waals surface area contributed by atoms with E-state index in [0.29, 0.717) is 25.7 Å². The quantitative estimate of drug-likeness (QED) is 0.724. The molecular weight excluding hydrogens is 358 g/mol. The number of aliphatic hydroxyl groups is 1. The van der Waals surface area contributed by atoms with E-state index < -0.39 is 11.5 Å². The smallest absolute Gasteiger partial charge is 0.263 e. The molecule has 1 aliphatic carbocycles. The molecular formula is C21H25N3O4. The van der Waals surface area contributed by atoms with Gasteiger partial charge in [0.05, 0.1) is 18.2 Å². The van der Waals surface area contributed by atoms with Crippen molar-refractivity contribution in [2.75, 3.05) is 7.05 Å².